The van der Waals surface area contributed by atoms with Crippen LogP contribution in [0.3, 0.4) is 0 Å². The molecule has 0 aliphatic carbocycles. The average Bonchev–Trinajstić information content (AvgIpc) is 2.40. The molecule has 1 saturated heterocycles. The van der Waals surface area contributed by atoms with Crippen LogP contribution in [0.25, 0.3) is 0 Å². The Morgan fingerprint density at radius 3 is 3.06 bits per heavy atom. The highest BCUT2D eigenvalue weighted by Gasteiger charge is 2.16. The Labute approximate surface area is 111 Å². The van der Waals surface area contributed by atoms with Gasteiger partial charge in [-0.2, -0.15) is 11.8 Å². The number of thioether (sulfide) groups is 1. The normalized spacial score (nSPS) is 19.6. The van der Waals surface area contributed by atoms with Crippen molar-refractivity contribution in [1.29, 1.82) is 0 Å². The number of carbonyl (C=O) groups excluding carboxylic acids is 1. The molecular weight excluding hydrogens is 249 g/mol. The number of hydrogen-bond donors (Lipinski definition) is 1. The van der Waals surface area contributed by atoms with Crippen molar-refractivity contribution in [3.63, 3.8) is 0 Å². The minimum Gasteiger partial charge on any atom is -0.351 e. The first kappa shape index (κ1) is 13.4. The van der Waals surface area contributed by atoms with Crippen molar-refractivity contribution in [2.45, 2.75) is 31.4 Å². The first-order valence-corrected chi connectivity index (χ1v) is 7.37. The number of carbonyl (C=O) groups is 1. The SMILES string of the molecule is Cc1ccc(F)c(C(=O)NCC2CCCCS2)c1. The lowest BCUT2D eigenvalue weighted by atomic mass is 10.1. The summed E-state index contributed by atoms with van der Waals surface area (Å²) in [4.78, 5) is 11.9. The van der Waals surface area contributed by atoms with E-state index in [0.717, 1.165) is 12.0 Å². The van der Waals surface area contributed by atoms with Crippen LogP contribution in [0, 0.1) is 12.7 Å². The maximum Gasteiger partial charge on any atom is 0.254 e. The summed E-state index contributed by atoms with van der Waals surface area (Å²) in [5.74, 6) is 0.413. The lowest BCUT2D eigenvalue weighted by molar-refractivity contribution is 0.0949. The van der Waals surface area contributed by atoms with Crippen molar-refractivity contribution in [3.05, 3.63) is 35.1 Å². The molecule has 0 radical (unpaired) electrons. The molecule has 2 nitrogen and oxygen atoms in total. The summed E-state index contributed by atoms with van der Waals surface area (Å²) < 4.78 is 13.5. The number of hydrogen-bond acceptors (Lipinski definition) is 2. The molecule has 0 spiro atoms. The molecule has 1 aromatic rings. The van der Waals surface area contributed by atoms with Gasteiger partial charge in [0.2, 0.25) is 0 Å². The van der Waals surface area contributed by atoms with E-state index in [9.17, 15) is 9.18 Å². The van der Waals surface area contributed by atoms with Crippen LogP contribution < -0.4 is 5.32 Å². The van der Waals surface area contributed by atoms with Crippen LogP contribution in [0.2, 0.25) is 0 Å². The van der Waals surface area contributed by atoms with Crippen molar-refractivity contribution in [3.8, 4) is 0 Å². The van der Waals surface area contributed by atoms with Crippen LogP contribution in [0.15, 0.2) is 18.2 Å². The highest BCUT2D eigenvalue weighted by molar-refractivity contribution is 7.99. The molecule has 1 aliphatic rings. The zero-order valence-corrected chi connectivity index (χ0v) is 11.4. The third kappa shape index (κ3) is 3.48. The van der Waals surface area contributed by atoms with E-state index >= 15 is 0 Å². The third-order valence-electron chi connectivity index (χ3n) is 3.13. The van der Waals surface area contributed by atoms with Gasteiger partial charge in [-0.1, -0.05) is 18.1 Å². The van der Waals surface area contributed by atoms with E-state index in [1.165, 1.54) is 24.7 Å². The Morgan fingerprint density at radius 2 is 2.33 bits per heavy atom. The summed E-state index contributed by atoms with van der Waals surface area (Å²) in [7, 11) is 0. The molecule has 4 heteroatoms. The molecule has 1 fully saturated rings. The summed E-state index contributed by atoms with van der Waals surface area (Å²) in [6.07, 6.45) is 3.63. The topological polar surface area (TPSA) is 29.1 Å². The standard InChI is InChI=1S/C14H18FNOS/c1-10-5-6-13(15)12(8-10)14(17)16-9-11-4-2-3-7-18-11/h5-6,8,11H,2-4,7,9H2,1H3,(H,16,17). The summed E-state index contributed by atoms with van der Waals surface area (Å²) in [5, 5.41) is 3.32. The lowest BCUT2D eigenvalue weighted by Gasteiger charge is -2.21. The fourth-order valence-electron chi connectivity index (χ4n) is 2.08. The van der Waals surface area contributed by atoms with E-state index in [4.69, 9.17) is 0 Å². The average molecular weight is 267 g/mol. The second kappa shape index (κ2) is 6.23. The van der Waals surface area contributed by atoms with Crippen molar-refractivity contribution >= 4 is 17.7 Å². The molecule has 0 bridgehead atoms. The molecule has 1 aromatic carbocycles. The van der Waals surface area contributed by atoms with E-state index in [2.05, 4.69) is 5.32 Å². The van der Waals surface area contributed by atoms with Gasteiger partial charge in [0.25, 0.3) is 5.91 Å². The number of amides is 1. The van der Waals surface area contributed by atoms with Crippen LogP contribution in [0.5, 0.6) is 0 Å². The fraction of sp³-hybridized carbons (Fsp3) is 0.500. The fourth-order valence-corrected chi connectivity index (χ4v) is 3.32. The van der Waals surface area contributed by atoms with Gasteiger partial charge >= 0.3 is 0 Å². The second-order valence-electron chi connectivity index (χ2n) is 4.68. The van der Waals surface area contributed by atoms with Gasteiger partial charge in [-0.05, 0) is 37.7 Å². The summed E-state index contributed by atoms with van der Waals surface area (Å²) >= 11 is 1.90. The molecule has 1 heterocycles. The largest absolute Gasteiger partial charge is 0.351 e. The number of nitrogens with one attached hydrogen (secondary N) is 1. The Balaban J connectivity index is 1.92. The van der Waals surface area contributed by atoms with Crippen molar-refractivity contribution in [2.75, 3.05) is 12.3 Å². The highest BCUT2D eigenvalue weighted by Crippen LogP contribution is 2.24. The van der Waals surface area contributed by atoms with E-state index in [-0.39, 0.29) is 11.5 Å². The maximum absolute atomic E-state index is 13.5. The van der Waals surface area contributed by atoms with Gasteiger partial charge in [0.05, 0.1) is 5.56 Å². The molecule has 0 saturated carbocycles. The Morgan fingerprint density at radius 1 is 1.50 bits per heavy atom. The minimum absolute atomic E-state index is 0.149. The van der Waals surface area contributed by atoms with E-state index in [0.29, 0.717) is 11.8 Å². The zero-order chi connectivity index (χ0) is 13.0. The zero-order valence-electron chi connectivity index (χ0n) is 10.5. The Kier molecular flexibility index (Phi) is 4.64. The monoisotopic (exact) mass is 267 g/mol. The predicted molar refractivity (Wildman–Crippen MR) is 73.6 cm³/mol. The number of benzene rings is 1. The highest BCUT2D eigenvalue weighted by atomic mass is 32.2. The molecule has 1 aliphatic heterocycles. The van der Waals surface area contributed by atoms with Crippen molar-refractivity contribution in [1.82, 2.24) is 5.32 Å². The van der Waals surface area contributed by atoms with Crippen molar-refractivity contribution in [2.24, 2.45) is 0 Å². The smallest absolute Gasteiger partial charge is 0.254 e. The Bertz CT molecular complexity index is 430. The predicted octanol–water partition coefficient (Wildman–Crippen LogP) is 3.15. The quantitative estimate of drug-likeness (QED) is 0.911. The van der Waals surface area contributed by atoms with Gasteiger partial charge in [-0.3, -0.25) is 4.79 Å². The molecule has 1 unspecified atom stereocenters. The maximum atomic E-state index is 13.5. The molecule has 1 N–H and O–H groups in total. The van der Waals surface area contributed by atoms with Gasteiger partial charge in [0.1, 0.15) is 5.82 Å². The summed E-state index contributed by atoms with van der Waals surface area (Å²) in [5.41, 5.74) is 1.05. The lowest BCUT2D eigenvalue weighted by Crippen LogP contribution is -2.32. The van der Waals surface area contributed by atoms with Gasteiger partial charge in [-0.25, -0.2) is 4.39 Å². The first-order chi connectivity index (χ1) is 8.66. The van der Waals surface area contributed by atoms with Crippen LogP contribution in [0.4, 0.5) is 4.39 Å². The molecule has 98 valence electrons. The van der Waals surface area contributed by atoms with Gasteiger partial charge in [0, 0.05) is 11.8 Å². The Hall–Kier alpha value is -1.03. The molecule has 18 heavy (non-hydrogen) atoms. The van der Waals surface area contributed by atoms with Crippen LogP contribution >= 0.6 is 11.8 Å². The third-order valence-corrected chi connectivity index (χ3v) is 4.53. The van der Waals surface area contributed by atoms with Crippen LogP contribution in [-0.4, -0.2) is 23.5 Å². The number of halogens is 1. The van der Waals surface area contributed by atoms with Gasteiger partial charge in [-0.15, -0.1) is 0 Å². The molecular formula is C14H18FNOS. The second-order valence-corrected chi connectivity index (χ2v) is 6.09. The van der Waals surface area contributed by atoms with E-state index < -0.39 is 5.82 Å². The van der Waals surface area contributed by atoms with Crippen LogP contribution in [-0.2, 0) is 0 Å². The molecule has 0 aromatic heterocycles. The van der Waals surface area contributed by atoms with Crippen molar-refractivity contribution < 1.29 is 9.18 Å². The summed E-state index contributed by atoms with van der Waals surface area (Å²) in [6.45, 7) is 2.49. The molecule has 2 rings (SSSR count). The number of rotatable bonds is 3. The van der Waals surface area contributed by atoms with Crippen LogP contribution in [0.1, 0.15) is 35.2 Å². The summed E-state index contributed by atoms with van der Waals surface area (Å²) in [6, 6.07) is 4.61. The van der Waals surface area contributed by atoms with Gasteiger partial charge in [0.15, 0.2) is 0 Å². The molecule has 1 amide bonds. The van der Waals surface area contributed by atoms with E-state index in [1.54, 1.807) is 12.1 Å². The first-order valence-electron chi connectivity index (χ1n) is 6.33. The number of aryl methyl sites for hydroxylation is 1. The van der Waals surface area contributed by atoms with E-state index in [1.807, 2.05) is 18.7 Å². The minimum atomic E-state index is -0.450. The van der Waals surface area contributed by atoms with Gasteiger partial charge < -0.3 is 5.32 Å². The molecule has 1 atom stereocenters.